The van der Waals surface area contributed by atoms with Crippen LogP contribution in [0.2, 0.25) is 0 Å². The quantitative estimate of drug-likeness (QED) is 0.467. The molecule has 1 aliphatic carbocycles. The molecular weight excluding hydrogens is 126 g/mol. The van der Waals surface area contributed by atoms with Gasteiger partial charge in [0.15, 0.2) is 0 Å². The molecule has 2 N–H and O–H groups in total. The minimum Gasteiger partial charge on any atom is -0.304 e. The predicted octanol–water partition coefficient (Wildman–Crippen LogP) is 1.48. The van der Waals surface area contributed by atoms with E-state index in [9.17, 15) is 0 Å². The highest BCUT2D eigenvalue weighted by Gasteiger charge is 2.17. The maximum atomic E-state index is 5.00. The van der Waals surface area contributed by atoms with E-state index in [0.717, 1.165) is 12.3 Å². The van der Waals surface area contributed by atoms with Crippen LogP contribution >= 0.6 is 0 Å². The fourth-order valence-corrected chi connectivity index (χ4v) is 1.36. The van der Waals surface area contributed by atoms with Gasteiger partial charge in [0.05, 0.1) is 6.61 Å². The van der Waals surface area contributed by atoms with Crippen molar-refractivity contribution in [3.05, 3.63) is 12.2 Å². The van der Waals surface area contributed by atoms with Crippen LogP contribution in [0.5, 0.6) is 0 Å². The molecule has 2 atom stereocenters. The van der Waals surface area contributed by atoms with E-state index in [0.29, 0.717) is 12.5 Å². The summed E-state index contributed by atoms with van der Waals surface area (Å²) in [6, 6.07) is 0. The van der Waals surface area contributed by atoms with Crippen molar-refractivity contribution >= 4 is 0 Å². The molecule has 0 saturated carbocycles. The minimum atomic E-state index is 0.634. The molecule has 0 saturated heterocycles. The second kappa shape index (κ2) is 3.74. The minimum absolute atomic E-state index is 0.634. The first-order chi connectivity index (χ1) is 4.84. The first kappa shape index (κ1) is 7.76. The van der Waals surface area contributed by atoms with Crippen LogP contribution in [0, 0.1) is 11.8 Å². The average Bonchev–Trinajstić information content (AvgIpc) is 1.94. The maximum absolute atomic E-state index is 5.00. The van der Waals surface area contributed by atoms with Gasteiger partial charge in [-0.25, -0.2) is 5.90 Å². The molecule has 0 aliphatic heterocycles. The highest BCUT2D eigenvalue weighted by atomic mass is 16.6. The normalized spacial score (nSPS) is 32.6. The Balaban J connectivity index is 2.35. The summed E-state index contributed by atoms with van der Waals surface area (Å²) in [5, 5.41) is 0. The van der Waals surface area contributed by atoms with Crippen molar-refractivity contribution in [2.24, 2.45) is 17.7 Å². The van der Waals surface area contributed by atoms with E-state index in [2.05, 4.69) is 23.9 Å². The second-order valence-electron chi connectivity index (χ2n) is 3.01. The first-order valence-electron chi connectivity index (χ1n) is 3.81. The summed E-state index contributed by atoms with van der Waals surface area (Å²) >= 11 is 0. The summed E-state index contributed by atoms with van der Waals surface area (Å²) < 4.78 is 0. The molecule has 0 aromatic carbocycles. The van der Waals surface area contributed by atoms with Crippen molar-refractivity contribution in [1.82, 2.24) is 0 Å². The zero-order valence-corrected chi connectivity index (χ0v) is 6.42. The molecule has 2 unspecified atom stereocenters. The average molecular weight is 141 g/mol. The lowest BCUT2D eigenvalue weighted by molar-refractivity contribution is 0.0802. The third-order valence-corrected chi connectivity index (χ3v) is 2.23. The van der Waals surface area contributed by atoms with Gasteiger partial charge in [0.1, 0.15) is 0 Å². The van der Waals surface area contributed by atoms with E-state index in [1.165, 1.54) is 6.42 Å². The number of nitrogens with two attached hydrogens (primary N) is 1. The van der Waals surface area contributed by atoms with Crippen LogP contribution in [0.15, 0.2) is 12.2 Å². The Morgan fingerprint density at radius 3 is 2.80 bits per heavy atom. The van der Waals surface area contributed by atoms with Gasteiger partial charge < -0.3 is 4.84 Å². The van der Waals surface area contributed by atoms with Crippen LogP contribution in [0.4, 0.5) is 0 Å². The SMILES string of the molecule is CC1CC=CCC1CON. The lowest BCUT2D eigenvalue weighted by Gasteiger charge is -2.23. The molecule has 1 rings (SSSR count). The van der Waals surface area contributed by atoms with E-state index < -0.39 is 0 Å². The fraction of sp³-hybridized carbons (Fsp3) is 0.750. The topological polar surface area (TPSA) is 35.2 Å². The summed E-state index contributed by atoms with van der Waals surface area (Å²) in [7, 11) is 0. The van der Waals surface area contributed by atoms with Gasteiger partial charge in [0.2, 0.25) is 0 Å². The van der Waals surface area contributed by atoms with Crippen LogP contribution in [0.1, 0.15) is 19.8 Å². The molecule has 10 heavy (non-hydrogen) atoms. The lowest BCUT2D eigenvalue weighted by Crippen LogP contribution is -2.21. The Kier molecular flexibility index (Phi) is 2.90. The molecule has 0 spiro atoms. The molecule has 1 aliphatic rings. The molecule has 0 radical (unpaired) electrons. The largest absolute Gasteiger partial charge is 0.304 e. The smallest absolute Gasteiger partial charge is 0.0713 e. The van der Waals surface area contributed by atoms with Crippen LogP contribution in [-0.4, -0.2) is 6.61 Å². The van der Waals surface area contributed by atoms with Crippen LogP contribution in [0.3, 0.4) is 0 Å². The Morgan fingerprint density at radius 2 is 2.20 bits per heavy atom. The summed E-state index contributed by atoms with van der Waals surface area (Å²) in [5.74, 6) is 6.36. The van der Waals surface area contributed by atoms with E-state index in [4.69, 9.17) is 5.90 Å². The molecule has 0 aromatic heterocycles. The van der Waals surface area contributed by atoms with Crippen molar-refractivity contribution < 1.29 is 4.84 Å². The molecule has 0 heterocycles. The third kappa shape index (κ3) is 1.82. The Labute approximate surface area is 62.0 Å². The molecular formula is C8H15NO. The molecule has 2 nitrogen and oxygen atoms in total. The number of hydrogen-bond donors (Lipinski definition) is 1. The van der Waals surface area contributed by atoms with Crippen LogP contribution < -0.4 is 5.90 Å². The first-order valence-corrected chi connectivity index (χ1v) is 3.81. The molecule has 0 fully saturated rings. The van der Waals surface area contributed by atoms with E-state index in [-0.39, 0.29) is 0 Å². The number of hydrogen-bond acceptors (Lipinski definition) is 2. The van der Waals surface area contributed by atoms with Crippen LogP contribution in [0.25, 0.3) is 0 Å². The Bertz CT molecular complexity index is 122. The summed E-state index contributed by atoms with van der Waals surface area (Å²) in [4.78, 5) is 4.62. The number of allylic oxidation sites excluding steroid dienone is 2. The highest BCUT2D eigenvalue weighted by molar-refractivity contribution is 4.92. The van der Waals surface area contributed by atoms with Gasteiger partial charge in [-0.3, -0.25) is 0 Å². The standard InChI is InChI=1S/C8H15NO/c1-7-4-2-3-5-8(7)6-10-9/h2-3,7-8H,4-6,9H2,1H3. The van der Waals surface area contributed by atoms with Gasteiger partial charge in [0.25, 0.3) is 0 Å². The Morgan fingerprint density at radius 1 is 1.50 bits per heavy atom. The highest BCUT2D eigenvalue weighted by Crippen LogP contribution is 2.24. The fourth-order valence-electron chi connectivity index (χ4n) is 1.36. The molecule has 0 amide bonds. The van der Waals surface area contributed by atoms with Crippen molar-refractivity contribution in [3.8, 4) is 0 Å². The Hall–Kier alpha value is -0.340. The summed E-state index contributed by atoms with van der Waals surface area (Å²) in [6.45, 7) is 2.94. The third-order valence-electron chi connectivity index (χ3n) is 2.23. The zero-order chi connectivity index (χ0) is 7.40. The van der Waals surface area contributed by atoms with Crippen molar-refractivity contribution in [2.75, 3.05) is 6.61 Å². The summed E-state index contributed by atoms with van der Waals surface area (Å²) in [6.07, 6.45) is 6.74. The van der Waals surface area contributed by atoms with Crippen LogP contribution in [-0.2, 0) is 4.84 Å². The van der Waals surface area contributed by atoms with Gasteiger partial charge in [0, 0.05) is 0 Å². The number of rotatable bonds is 2. The summed E-state index contributed by atoms with van der Waals surface area (Å²) in [5.41, 5.74) is 0. The lowest BCUT2D eigenvalue weighted by atomic mass is 9.85. The monoisotopic (exact) mass is 141 g/mol. The van der Waals surface area contributed by atoms with Gasteiger partial charge >= 0.3 is 0 Å². The van der Waals surface area contributed by atoms with Crippen molar-refractivity contribution in [2.45, 2.75) is 19.8 Å². The van der Waals surface area contributed by atoms with E-state index in [1.807, 2.05) is 0 Å². The van der Waals surface area contributed by atoms with Gasteiger partial charge in [-0.05, 0) is 24.7 Å². The molecule has 2 heteroatoms. The van der Waals surface area contributed by atoms with Crippen molar-refractivity contribution in [1.29, 1.82) is 0 Å². The van der Waals surface area contributed by atoms with Gasteiger partial charge in [-0.1, -0.05) is 19.1 Å². The van der Waals surface area contributed by atoms with Crippen molar-refractivity contribution in [3.63, 3.8) is 0 Å². The molecule has 58 valence electrons. The molecule has 0 aromatic rings. The molecule has 0 bridgehead atoms. The van der Waals surface area contributed by atoms with E-state index >= 15 is 0 Å². The van der Waals surface area contributed by atoms with Gasteiger partial charge in [-0.2, -0.15) is 0 Å². The zero-order valence-electron chi connectivity index (χ0n) is 6.42. The van der Waals surface area contributed by atoms with E-state index in [1.54, 1.807) is 0 Å². The predicted molar refractivity (Wildman–Crippen MR) is 41.2 cm³/mol. The maximum Gasteiger partial charge on any atom is 0.0713 e. The van der Waals surface area contributed by atoms with Gasteiger partial charge in [-0.15, -0.1) is 0 Å². The second-order valence-corrected chi connectivity index (χ2v) is 3.01.